The predicted octanol–water partition coefficient (Wildman–Crippen LogP) is 3.90. The van der Waals surface area contributed by atoms with Crippen LogP contribution >= 0.6 is 0 Å². The van der Waals surface area contributed by atoms with Crippen LogP contribution < -0.4 is 4.74 Å². The Balaban J connectivity index is 1.79. The second-order valence-corrected chi connectivity index (χ2v) is 4.67. The summed E-state index contributed by atoms with van der Waals surface area (Å²) < 4.78 is 37.8. The SMILES string of the molecule is Cc1ccccc1OCc1noc(-c2c(F)cccc2F)n1. The van der Waals surface area contributed by atoms with Crippen molar-refractivity contribution >= 4 is 0 Å². The second-order valence-electron chi connectivity index (χ2n) is 4.67. The lowest BCUT2D eigenvalue weighted by Gasteiger charge is -2.05. The molecule has 0 aliphatic heterocycles. The van der Waals surface area contributed by atoms with Crippen LogP contribution in [0.5, 0.6) is 5.75 Å². The molecule has 0 amide bonds. The average molecular weight is 302 g/mol. The van der Waals surface area contributed by atoms with E-state index >= 15 is 0 Å². The maximum absolute atomic E-state index is 13.7. The molecule has 22 heavy (non-hydrogen) atoms. The Labute approximate surface area is 125 Å². The highest BCUT2D eigenvalue weighted by Crippen LogP contribution is 2.24. The first-order chi connectivity index (χ1) is 10.6. The lowest BCUT2D eigenvalue weighted by atomic mass is 10.2. The van der Waals surface area contributed by atoms with Crippen molar-refractivity contribution in [3.63, 3.8) is 0 Å². The molecular weight excluding hydrogens is 290 g/mol. The standard InChI is InChI=1S/C16H12F2N2O2/c1-10-5-2-3-8-13(10)21-9-14-19-16(22-20-14)15-11(17)6-4-7-12(15)18/h2-8H,9H2,1H3. The van der Waals surface area contributed by atoms with E-state index < -0.39 is 11.6 Å². The van der Waals surface area contributed by atoms with Crippen molar-refractivity contribution in [3.8, 4) is 17.2 Å². The Kier molecular flexibility index (Phi) is 3.82. The molecule has 1 aromatic heterocycles. The molecule has 0 saturated heterocycles. The zero-order chi connectivity index (χ0) is 15.5. The molecule has 0 aliphatic carbocycles. The van der Waals surface area contributed by atoms with Gasteiger partial charge in [-0.05, 0) is 30.7 Å². The number of hydrogen-bond acceptors (Lipinski definition) is 4. The average Bonchev–Trinajstić information content (AvgIpc) is 2.95. The lowest BCUT2D eigenvalue weighted by molar-refractivity contribution is 0.285. The number of halogens is 2. The molecule has 0 aliphatic rings. The van der Waals surface area contributed by atoms with Gasteiger partial charge in [-0.1, -0.05) is 29.4 Å². The van der Waals surface area contributed by atoms with Crippen LogP contribution in [0.3, 0.4) is 0 Å². The summed E-state index contributed by atoms with van der Waals surface area (Å²) in [6.45, 7) is 1.95. The van der Waals surface area contributed by atoms with Crippen molar-refractivity contribution in [2.24, 2.45) is 0 Å². The molecule has 112 valence electrons. The number of hydrogen-bond donors (Lipinski definition) is 0. The van der Waals surface area contributed by atoms with Gasteiger partial charge < -0.3 is 9.26 Å². The molecule has 3 rings (SSSR count). The molecule has 6 heteroatoms. The third kappa shape index (κ3) is 2.81. The van der Waals surface area contributed by atoms with Crippen LogP contribution in [0.2, 0.25) is 0 Å². The molecule has 1 heterocycles. The Morgan fingerprint density at radius 2 is 1.77 bits per heavy atom. The van der Waals surface area contributed by atoms with Gasteiger partial charge in [0.1, 0.15) is 22.9 Å². The monoisotopic (exact) mass is 302 g/mol. The fraction of sp³-hybridized carbons (Fsp3) is 0.125. The first kappa shape index (κ1) is 14.2. The van der Waals surface area contributed by atoms with E-state index in [0.717, 1.165) is 17.7 Å². The molecule has 0 N–H and O–H groups in total. The van der Waals surface area contributed by atoms with Crippen LogP contribution in [-0.4, -0.2) is 10.1 Å². The number of aryl methyl sites for hydroxylation is 1. The number of rotatable bonds is 4. The van der Waals surface area contributed by atoms with Crippen molar-refractivity contribution < 1.29 is 18.0 Å². The van der Waals surface area contributed by atoms with Crippen LogP contribution in [0.4, 0.5) is 8.78 Å². The van der Waals surface area contributed by atoms with E-state index in [4.69, 9.17) is 9.26 Å². The van der Waals surface area contributed by atoms with Gasteiger partial charge in [0, 0.05) is 0 Å². The Morgan fingerprint density at radius 3 is 2.50 bits per heavy atom. The molecule has 0 radical (unpaired) electrons. The normalized spacial score (nSPS) is 10.7. The molecule has 0 spiro atoms. The van der Waals surface area contributed by atoms with Crippen molar-refractivity contribution in [2.45, 2.75) is 13.5 Å². The number of benzene rings is 2. The van der Waals surface area contributed by atoms with Gasteiger partial charge in [-0.2, -0.15) is 4.98 Å². The Morgan fingerprint density at radius 1 is 1.05 bits per heavy atom. The predicted molar refractivity (Wildman–Crippen MR) is 75.2 cm³/mol. The largest absolute Gasteiger partial charge is 0.485 e. The van der Waals surface area contributed by atoms with Crippen LogP contribution in [-0.2, 0) is 6.61 Å². The summed E-state index contributed by atoms with van der Waals surface area (Å²) in [5, 5.41) is 3.68. The Bertz CT molecular complexity index is 782. The zero-order valence-electron chi connectivity index (χ0n) is 11.7. The van der Waals surface area contributed by atoms with Crippen LogP contribution in [0.25, 0.3) is 11.5 Å². The third-order valence-corrected chi connectivity index (χ3v) is 3.10. The highest BCUT2D eigenvalue weighted by molar-refractivity contribution is 5.54. The lowest BCUT2D eigenvalue weighted by Crippen LogP contribution is -1.99. The quantitative estimate of drug-likeness (QED) is 0.733. The van der Waals surface area contributed by atoms with E-state index in [-0.39, 0.29) is 23.9 Å². The molecule has 0 atom stereocenters. The van der Waals surface area contributed by atoms with Crippen LogP contribution in [0, 0.1) is 18.6 Å². The summed E-state index contributed by atoms with van der Waals surface area (Å²) in [5.41, 5.74) is 0.628. The number of para-hydroxylation sites is 1. The first-order valence-corrected chi connectivity index (χ1v) is 6.60. The number of nitrogens with zero attached hydrogens (tertiary/aromatic N) is 2. The summed E-state index contributed by atoms with van der Waals surface area (Å²) >= 11 is 0. The molecule has 3 aromatic rings. The van der Waals surface area contributed by atoms with E-state index in [0.29, 0.717) is 5.75 Å². The van der Waals surface area contributed by atoms with E-state index in [9.17, 15) is 8.78 Å². The molecular formula is C16H12F2N2O2. The van der Waals surface area contributed by atoms with Crippen molar-refractivity contribution in [2.75, 3.05) is 0 Å². The van der Waals surface area contributed by atoms with Gasteiger partial charge >= 0.3 is 0 Å². The minimum atomic E-state index is -0.755. The van der Waals surface area contributed by atoms with Gasteiger partial charge in [0.25, 0.3) is 5.89 Å². The Hall–Kier alpha value is -2.76. The van der Waals surface area contributed by atoms with Crippen LogP contribution in [0.15, 0.2) is 47.0 Å². The van der Waals surface area contributed by atoms with Crippen molar-refractivity contribution in [1.82, 2.24) is 10.1 Å². The smallest absolute Gasteiger partial charge is 0.264 e. The summed E-state index contributed by atoms with van der Waals surface area (Å²) in [6.07, 6.45) is 0. The third-order valence-electron chi connectivity index (χ3n) is 3.10. The van der Waals surface area contributed by atoms with Gasteiger partial charge in [0.05, 0.1) is 0 Å². The van der Waals surface area contributed by atoms with Gasteiger partial charge in [-0.25, -0.2) is 8.78 Å². The topological polar surface area (TPSA) is 48.2 Å². The molecule has 0 unspecified atom stereocenters. The zero-order valence-corrected chi connectivity index (χ0v) is 11.7. The highest BCUT2D eigenvalue weighted by Gasteiger charge is 2.18. The fourth-order valence-corrected chi connectivity index (χ4v) is 1.98. The second kappa shape index (κ2) is 5.93. The molecule has 0 saturated carbocycles. The number of aromatic nitrogens is 2. The summed E-state index contributed by atoms with van der Waals surface area (Å²) in [5.74, 6) is -0.823. The summed E-state index contributed by atoms with van der Waals surface area (Å²) in [4.78, 5) is 3.96. The summed E-state index contributed by atoms with van der Waals surface area (Å²) in [7, 11) is 0. The van der Waals surface area contributed by atoms with E-state index in [1.165, 1.54) is 6.07 Å². The minimum Gasteiger partial charge on any atom is -0.485 e. The highest BCUT2D eigenvalue weighted by atomic mass is 19.1. The number of ether oxygens (including phenoxy) is 1. The molecule has 2 aromatic carbocycles. The molecule has 0 fully saturated rings. The van der Waals surface area contributed by atoms with E-state index in [1.807, 2.05) is 31.2 Å². The maximum Gasteiger partial charge on any atom is 0.264 e. The fourth-order valence-electron chi connectivity index (χ4n) is 1.98. The summed E-state index contributed by atoms with van der Waals surface area (Å²) in [6, 6.07) is 11.0. The molecule has 0 bridgehead atoms. The van der Waals surface area contributed by atoms with Gasteiger partial charge in [0.2, 0.25) is 5.82 Å². The molecule has 4 nitrogen and oxygen atoms in total. The van der Waals surface area contributed by atoms with Gasteiger partial charge in [-0.3, -0.25) is 0 Å². The maximum atomic E-state index is 13.7. The van der Waals surface area contributed by atoms with E-state index in [2.05, 4.69) is 10.1 Å². The van der Waals surface area contributed by atoms with Gasteiger partial charge in [-0.15, -0.1) is 0 Å². The van der Waals surface area contributed by atoms with Crippen LogP contribution in [0.1, 0.15) is 11.4 Å². The van der Waals surface area contributed by atoms with Gasteiger partial charge in [0.15, 0.2) is 6.61 Å². The minimum absolute atomic E-state index is 0.0461. The first-order valence-electron chi connectivity index (χ1n) is 6.60. The van der Waals surface area contributed by atoms with E-state index in [1.54, 1.807) is 0 Å². The van der Waals surface area contributed by atoms with Crippen molar-refractivity contribution in [1.29, 1.82) is 0 Å². The van der Waals surface area contributed by atoms with Crippen molar-refractivity contribution in [3.05, 3.63) is 65.5 Å².